The SMILES string of the molecule is CCC1SCCSC1c1noc(C(C(C)C)C(C)O)n1. The Kier molecular flexibility index (Phi) is 5.81. The maximum Gasteiger partial charge on any atom is 0.232 e. The summed E-state index contributed by atoms with van der Waals surface area (Å²) in [6, 6.07) is 0. The normalized spacial score (nSPS) is 26.7. The van der Waals surface area contributed by atoms with Crippen molar-refractivity contribution in [3.63, 3.8) is 0 Å². The summed E-state index contributed by atoms with van der Waals surface area (Å²) >= 11 is 3.93. The van der Waals surface area contributed by atoms with Gasteiger partial charge in [-0.15, -0.1) is 11.8 Å². The summed E-state index contributed by atoms with van der Waals surface area (Å²) in [5, 5.41) is 15.0. The average molecular weight is 316 g/mol. The molecule has 0 amide bonds. The molecule has 1 fully saturated rings. The number of aliphatic hydroxyl groups is 1. The number of rotatable bonds is 5. The van der Waals surface area contributed by atoms with Crippen LogP contribution in [0.3, 0.4) is 0 Å². The number of aliphatic hydroxyl groups excluding tert-OH is 1. The van der Waals surface area contributed by atoms with Gasteiger partial charge in [0.05, 0.1) is 17.3 Å². The van der Waals surface area contributed by atoms with Crippen LogP contribution in [-0.4, -0.2) is 38.1 Å². The van der Waals surface area contributed by atoms with E-state index in [0.717, 1.165) is 18.0 Å². The van der Waals surface area contributed by atoms with E-state index in [9.17, 15) is 5.11 Å². The van der Waals surface area contributed by atoms with Crippen LogP contribution in [0.15, 0.2) is 4.52 Å². The Morgan fingerprint density at radius 3 is 2.60 bits per heavy atom. The number of hydrogen-bond donors (Lipinski definition) is 1. The molecular formula is C14H24N2O2S2. The summed E-state index contributed by atoms with van der Waals surface area (Å²) in [5.74, 6) is 3.91. The van der Waals surface area contributed by atoms with Gasteiger partial charge in [0.1, 0.15) is 0 Å². The first-order valence-electron chi connectivity index (χ1n) is 7.29. The Morgan fingerprint density at radius 2 is 2.00 bits per heavy atom. The molecule has 1 aliphatic rings. The molecule has 20 heavy (non-hydrogen) atoms. The first-order chi connectivity index (χ1) is 9.54. The molecule has 0 radical (unpaired) electrons. The predicted molar refractivity (Wildman–Crippen MR) is 85.3 cm³/mol. The number of nitrogens with zero attached hydrogens (tertiary/aromatic N) is 2. The highest BCUT2D eigenvalue weighted by atomic mass is 32.2. The van der Waals surface area contributed by atoms with Crippen molar-refractivity contribution in [3.8, 4) is 0 Å². The zero-order valence-electron chi connectivity index (χ0n) is 12.6. The van der Waals surface area contributed by atoms with Gasteiger partial charge in [0.2, 0.25) is 5.89 Å². The molecular weight excluding hydrogens is 292 g/mol. The van der Waals surface area contributed by atoms with Crippen LogP contribution in [0.5, 0.6) is 0 Å². The van der Waals surface area contributed by atoms with E-state index in [0.29, 0.717) is 16.4 Å². The number of thioether (sulfide) groups is 2. The monoisotopic (exact) mass is 316 g/mol. The Bertz CT molecular complexity index is 415. The van der Waals surface area contributed by atoms with Gasteiger partial charge >= 0.3 is 0 Å². The molecule has 1 aromatic rings. The minimum atomic E-state index is -0.473. The Balaban J connectivity index is 2.19. The molecule has 4 atom stereocenters. The van der Waals surface area contributed by atoms with Crippen LogP contribution < -0.4 is 0 Å². The lowest BCUT2D eigenvalue weighted by atomic mass is 9.91. The van der Waals surface area contributed by atoms with Gasteiger partial charge in [0.15, 0.2) is 5.82 Å². The third-order valence-electron chi connectivity index (χ3n) is 3.69. The van der Waals surface area contributed by atoms with Crippen molar-refractivity contribution >= 4 is 23.5 Å². The first kappa shape index (κ1) is 16.2. The van der Waals surface area contributed by atoms with Gasteiger partial charge in [0.25, 0.3) is 0 Å². The van der Waals surface area contributed by atoms with Crippen LogP contribution in [0.2, 0.25) is 0 Å². The van der Waals surface area contributed by atoms with E-state index in [2.05, 4.69) is 30.9 Å². The fourth-order valence-electron chi connectivity index (χ4n) is 2.69. The Morgan fingerprint density at radius 1 is 1.30 bits per heavy atom. The van der Waals surface area contributed by atoms with Crippen LogP contribution in [0, 0.1) is 5.92 Å². The summed E-state index contributed by atoms with van der Waals surface area (Å²) in [4.78, 5) is 4.60. The molecule has 4 unspecified atom stereocenters. The van der Waals surface area contributed by atoms with Crippen LogP contribution >= 0.6 is 23.5 Å². The van der Waals surface area contributed by atoms with Crippen molar-refractivity contribution in [2.24, 2.45) is 5.92 Å². The second-order valence-corrected chi connectivity index (χ2v) is 8.21. The molecule has 0 aromatic carbocycles. The van der Waals surface area contributed by atoms with E-state index in [4.69, 9.17) is 4.52 Å². The van der Waals surface area contributed by atoms with Gasteiger partial charge in [-0.1, -0.05) is 25.9 Å². The second kappa shape index (κ2) is 7.18. The van der Waals surface area contributed by atoms with Gasteiger partial charge in [0, 0.05) is 16.8 Å². The van der Waals surface area contributed by atoms with Gasteiger partial charge in [-0.25, -0.2) is 0 Å². The van der Waals surface area contributed by atoms with E-state index in [1.807, 2.05) is 23.5 Å². The van der Waals surface area contributed by atoms with Gasteiger partial charge in [-0.05, 0) is 19.3 Å². The third-order valence-corrected chi connectivity index (χ3v) is 6.93. The van der Waals surface area contributed by atoms with Crippen molar-refractivity contribution < 1.29 is 9.63 Å². The van der Waals surface area contributed by atoms with E-state index in [1.54, 1.807) is 6.92 Å². The van der Waals surface area contributed by atoms with E-state index in [1.165, 1.54) is 5.75 Å². The third kappa shape index (κ3) is 3.52. The smallest absolute Gasteiger partial charge is 0.232 e. The molecule has 0 aliphatic carbocycles. The molecule has 4 nitrogen and oxygen atoms in total. The van der Waals surface area contributed by atoms with Crippen molar-refractivity contribution in [2.75, 3.05) is 11.5 Å². The molecule has 0 spiro atoms. The number of aromatic nitrogens is 2. The molecule has 0 saturated carbocycles. The van der Waals surface area contributed by atoms with E-state index >= 15 is 0 Å². The van der Waals surface area contributed by atoms with Gasteiger partial charge in [-0.2, -0.15) is 16.7 Å². The fraction of sp³-hybridized carbons (Fsp3) is 0.857. The van der Waals surface area contributed by atoms with Crippen molar-refractivity contribution in [2.45, 2.75) is 56.6 Å². The quantitative estimate of drug-likeness (QED) is 0.897. The van der Waals surface area contributed by atoms with Crippen molar-refractivity contribution in [3.05, 3.63) is 11.7 Å². The number of hydrogen-bond acceptors (Lipinski definition) is 6. The Labute approximate surface area is 129 Å². The Hall–Kier alpha value is -0.200. The topological polar surface area (TPSA) is 59.2 Å². The van der Waals surface area contributed by atoms with Gasteiger partial charge in [-0.3, -0.25) is 0 Å². The highest BCUT2D eigenvalue weighted by molar-refractivity contribution is 8.06. The summed E-state index contributed by atoms with van der Waals surface area (Å²) in [6.45, 7) is 8.14. The molecule has 0 bridgehead atoms. The zero-order chi connectivity index (χ0) is 14.7. The molecule has 1 aliphatic heterocycles. The standard InChI is InChI=1S/C14H24N2O2S2/c1-5-10-12(20-7-6-19-10)13-15-14(18-16-13)11(8(2)3)9(4)17/h8-12,17H,5-7H2,1-4H3. The lowest BCUT2D eigenvalue weighted by Crippen LogP contribution is -2.21. The maximum absolute atomic E-state index is 9.92. The molecule has 2 rings (SSSR count). The minimum Gasteiger partial charge on any atom is -0.393 e. The average Bonchev–Trinajstić information content (AvgIpc) is 2.87. The largest absolute Gasteiger partial charge is 0.393 e. The molecule has 6 heteroatoms. The van der Waals surface area contributed by atoms with E-state index in [-0.39, 0.29) is 11.8 Å². The molecule has 1 saturated heterocycles. The lowest BCUT2D eigenvalue weighted by molar-refractivity contribution is 0.120. The minimum absolute atomic E-state index is 0.0856. The highest BCUT2D eigenvalue weighted by Crippen LogP contribution is 2.43. The van der Waals surface area contributed by atoms with Crippen LogP contribution in [-0.2, 0) is 0 Å². The van der Waals surface area contributed by atoms with Crippen LogP contribution in [0.4, 0.5) is 0 Å². The highest BCUT2D eigenvalue weighted by Gasteiger charge is 2.33. The fourth-order valence-corrected chi connectivity index (χ4v) is 5.67. The molecule has 1 aromatic heterocycles. The van der Waals surface area contributed by atoms with Gasteiger partial charge < -0.3 is 9.63 Å². The summed E-state index contributed by atoms with van der Waals surface area (Å²) in [7, 11) is 0. The summed E-state index contributed by atoms with van der Waals surface area (Å²) in [5.41, 5.74) is 0. The summed E-state index contributed by atoms with van der Waals surface area (Å²) in [6.07, 6.45) is 0.648. The summed E-state index contributed by atoms with van der Waals surface area (Å²) < 4.78 is 5.45. The van der Waals surface area contributed by atoms with E-state index < -0.39 is 6.10 Å². The molecule has 114 valence electrons. The first-order valence-corrected chi connectivity index (χ1v) is 9.39. The van der Waals surface area contributed by atoms with Crippen LogP contribution in [0.25, 0.3) is 0 Å². The van der Waals surface area contributed by atoms with Crippen LogP contribution in [0.1, 0.15) is 57.0 Å². The molecule has 2 heterocycles. The zero-order valence-corrected chi connectivity index (χ0v) is 14.2. The predicted octanol–water partition coefficient (Wildman–Crippen LogP) is 3.49. The van der Waals surface area contributed by atoms with Crippen molar-refractivity contribution in [1.29, 1.82) is 0 Å². The lowest BCUT2D eigenvalue weighted by Gasteiger charge is -2.27. The van der Waals surface area contributed by atoms with Crippen molar-refractivity contribution in [1.82, 2.24) is 10.1 Å². The molecule has 1 N–H and O–H groups in total. The maximum atomic E-state index is 9.92. The second-order valence-electron chi connectivity index (χ2n) is 5.61.